The summed E-state index contributed by atoms with van der Waals surface area (Å²) in [6.07, 6.45) is 2.06. The van der Waals surface area contributed by atoms with Crippen molar-refractivity contribution < 1.29 is 9.53 Å². The summed E-state index contributed by atoms with van der Waals surface area (Å²) in [4.78, 5) is 17.4. The van der Waals surface area contributed by atoms with Crippen LogP contribution in [0.3, 0.4) is 0 Å². The van der Waals surface area contributed by atoms with Crippen molar-refractivity contribution >= 4 is 45.9 Å². The van der Waals surface area contributed by atoms with Gasteiger partial charge in [0.25, 0.3) is 5.91 Å². The Labute approximate surface area is 159 Å². The molecule has 6 heteroatoms. The normalized spacial score (nSPS) is 12.4. The van der Waals surface area contributed by atoms with E-state index in [4.69, 9.17) is 16.3 Å². The second-order valence-electron chi connectivity index (χ2n) is 5.96. The minimum atomic E-state index is -0.103. The smallest absolute Gasteiger partial charge is 0.265 e. The van der Waals surface area contributed by atoms with Gasteiger partial charge in [0, 0.05) is 25.9 Å². The molecule has 25 heavy (non-hydrogen) atoms. The van der Waals surface area contributed by atoms with E-state index in [-0.39, 0.29) is 5.91 Å². The molecule has 0 radical (unpaired) electrons. The first-order valence-corrected chi connectivity index (χ1v) is 9.93. The number of thiophene rings is 2. The van der Waals surface area contributed by atoms with Gasteiger partial charge >= 0.3 is 0 Å². The van der Waals surface area contributed by atoms with Crippen LogP contribution in [0.4, 0.5) is 5.69 Å². The van der Waals surface area contributed by atoms with Gasteiger partial charge in [-0.3, -0.25) is 4.79 Å². The number of benzene rings is 1. The third kappa shape index (κ3) is 3.08. The van der Waals surface area contributed by atoms with Crippen molar-refractivity contribution in [1.82, 2.24) is 0 Å². The number of rotatable bonds is 3. The fourth-order valence-corrected chi connectivity index (χ4v) is 5.59. The number of ether oxygens (including phenoxy) is 1. The van der Waals surface area contributed by atoms with Crippen molar-refractivity contribution in [3.8, 4) is 16.2 Å². The molecule has 1 aromatic carbocycles. The van der Waals surface area contributed by atoms with Crippen molar-refractivity contribution in [1.29, 1.82) is 0 Å². The molecular weight excluding hydrogens is 374 g/mol. The summed E-state index contributed by atoms with van der Waals surface area (Å²) >= 11 is 9.55. The molecule has 3 nitrogen and oxygen atoms in total. The van der Waals surface area contributed by atoms with Crippen LogP contribution in [0.5, 0.6) is 5.75 Å². The van der Waals surface area contributed by atoms with E-state index in [1.807, 2.05) is 17.4 Å². The molecule has 0 aliphatic heterocycles. The highest BCUT2D eigenvalue weighted by Crippen LogP contribution is 2.43. The highest BCUT2D eigenvalue weighted by atomic mass is 35.5. The maximum absolute atomic E-state index is 12.6. The largest absolute Gasteiger partial charge is 0.495 e. The Balaban J connectivity index is 1.60. The summed E-state index contributed by atoms with van der Waals surface area (Å²) in [6, 6.07) is 9.50. The third-order valence-corrected chi connectivity index (χ3v) is 6.86. The van der Waals surface area contributed by atoms with Gasteiger partial charge in [0.15, 0.2) is 0 Å². The van der Waals surface area contributed by atoms with Crippen LogP contribution >= 0.6 is 34.3 Å². The Morgan fingerprint density at radius 1 is 1.20 bits per heavy atom. The summed E-state index contributed by atoms with van der Waals surface area (Å²) in [5.74, 6) is 0.487. The minimum Gasteiger partial charge on any atom is -0.495 e. The van der Waals surface area contributed by atoms with E-state index in [2.05, 4.69) is 18.3 Å². The first kappa shape index (κ1) is 16.6. The maximum Gasteiger partial charge on any atom is 0.265 e. The number of carbonyl (C=O) groups excluding carboxylic acids is 1. The van der Waals surface area contributed by atoms with Gasteiger partial charge in [-0.05, 0) is 55.7 Å². The predicted molar refractivity (Wildman–Crippen MR) is 106 cm³/mol. The first-order valence-electron chi connectivity index (χ1n) is 7.92. The van der Waals surface area contributed by atoms with Crippen LogP contribution in [0, 0.1) is 6.92 Å². The minimum absolute atomic E-state index is 0.103. The van der Waals surface area contributed by atoms with Gasteiger partial charge < -0.3 is 10.1 Å². The second-order valence-corrected chi connectivity index (χ2v) is 8.76. The van der Waals surface area contributed by atoms with Crippen LogP contribution in [0.25, 0.3) is 10.4 Å². The van der Waals surface area contributed by atoms with E-state index in [1.54, 1.807) is 36.6 Å². The van der Waals surface area contributed by atoms with Gasteiger partial charge in [-0.25, -0.2) is 0 Å². The number of fused-ring (bicyclic) bond motifs is 3. The fourth-order valence-electron chi connectivity index (χ4n) is 3.08. The first-order chi connectivity index (χ1) is 12.0. The Kier molecular flexibility index (Phi) is 4.31. The number of hydrogen-bond acceptors (Lipinski definition) is 4. The molecule has 0 atom stereocenters. The van der Waals surface area contributed by atoms with E-state index in [0.717, 1.165) is 17.7 Å². The molecule has 0 unspecified atom stereocenters. The van der Waals surface area contributed by atoms with Crippen LogP contribution in [-0.4, -0.2) is 13.0 Å². The van der Waals surface area contributed by atoms with Gasteiger partial charge in [-0.2, -0.15) is 0 Å². The zero-order valence-corrected chi connectivity index (χ0v) is 16.2. The molecule has 1 N–H and O–H groups in total. The number of aryl methyl sites for hydroxylation is 3. The molecule has 4 rings (SSSR count). The molecule has 0 saturated heterocycles. The molecule has 1 aliphatic carbocycles. The SMILES string of the molecule is COc1ccc(NC(=O)c2cc3c(s2)-c2cc(C)sc2CC3)cc1Cl. The predicted octanol–water partition coefficient (Wildman–Crippen LogP) is 5.80. The van der Waals surface area contributed by atoms with E-state index in [9.17, 15) is 4.79 Å². The van der Waals surface area contributed by atoms with Crippen LogP contribution in [0.15, 0.2) is 30.3 Å². The molecule has 0 fully saturated rings. The van der Waals surface area contributed by atoms with Crippen molar-refractivity contribution in [2.24, 2.45) is 0 Å². The quantitative estimate of drug-likeness (QED) is 0.614. The Morgan fingerprint density at radius 2 is 2.04 bits per heavy atom. The lowest BCUT2D eigenvalue weighted by molar-refractivity contribution is 0.103. The van der Waals surface area contributed by atoms with Crippen molar-refractivity contribution in [3.63, 3.8) is 0 Å². The second kappa shape index (κ2) is 6.48. The van der Waals surface area contributed by atoms with Crippen LogP contribution in [-0.2, 0) is 12.8 Å². The van der Waals surface area contributed by atoms with Crippen LogP contribution < -0.4 is 10.1 Å². The van der Waals surface area contributed by atoms with E-state index < -0.39 is 0 Å². The van der Waals surface area contributed by atoms with Crippen molar-refractivity contribution in [3.05, 3.63) is 55.5 Å². The Hall–Kier alpha value is -1.82. The number of carbonyl (C=O) groups is 1. The standard InChI is InChI=1S/C19H16ClNO2S2/c1-10-7-13-16(24-10)6-3-11-8-17(25-18(11)13)19(22)21-12-4-5-15(23-2)14(20)9-12/h4-5,7-9H,3,6H2,1-2H3,(H,21,22). The summed E-state index contributed by atoms with van der Waals surface area (Å²) in [5, 5.41) is 3.40. The Bertz CT molecular complexity index is 974. The molecule has 0 bridgehead atoms. The zero-order valence-electron chi connectivity index (χ0n) is 13.8. The molecule has 3 aromatic rings. The number of nitrogens with one attached hydrogen (secondary N) is 1. The highest BCUT2D eigenvalue weighted by Gasteiger charge is 2.23. The van der Waals surface area contributed by atoms with Gasteiger partial charge in [0.1, 0.15) is 5.75 Å². The van der Waals surface area contributed by atoms with Gasteiger partial charge in [-0.15, -0.1) is 22.7 Å². The topological polar surface area (TPSA) is 38.3 Å². The van der Waals surface area contributed by atoms with E-state index in [0.29, 0.717) is 16.5 Å². The Morgan fingerprint density at radius 3 is 2.80 bits per heavy atom. The third-order valence-electron chi connectivity index (χ3n) is 4.24. The number of amides is 1. The van der Waals surface area contributed by atoms with E-state index >= 15 is 0 Å². The molecule has 1 aliphatic rings. The van der Waals surface area contributed by atoms with Crippen LogP contribution in [0.2, 0.25) is 5.02 Å². The number of halogens is 1. The lowest BCUT2D eigenvalue weighted by Crippen LogP contribution is -2.10. The fraction of sp³-hybridized carbons (Fsp3) is 0.211. The van der Waals surface area contributed by atoms with Crippen LogP contribution in [0.1, 0.15) is 25.0 Å². The zero-order chi connectivity index (χ0) is 17.6. The average Bonchev–Trinajstić information content (AvgIpc) is 3.17. The molecule has 2 aromatic heterocycles. The molecular formula is C19H16ClNO2S2. The van der Waals surface area contributed by atoms with Gasteiger partial charge in [0.2, 0.25) is 0 Å². The van der Waals surface area contributed by atoms with Gasteiger partial charge in [-0.1, -0.05) is 11.6 Å². The summed E-state index contributed by atoms with van der Waals surface area (Å²) < 4.78 is 5.14. The monoisotopic (exact) mass is 389 g/mol. The maximum atomic E-state index is 12.6. The number of anilines is 1. The van der Waals surface area contributed by atoms with Crippen molar-refractivity contribution in [2.75, 3.05) is 12.4 Å². The molecule has 128 valence electrons. The number of methoxy groups -OCH3 is 1. The molecule has 1 amide bonds. The molecule has 0 spiro atoms. The van der Waals surface area contributed by atoms with Gasteiger partial charge in [0.05, 0.1) is 17.0 Å². The summed E-state index contributed by atoms with van der Waals surface area (Å²) in [5.41, 5.74) is 3.24. The highest BCUT2D eigenvalue weighted by molar-refractivity contribution is 7.18. The van der Waals surface area contributed by atoms with E-state index in [1.165, 1.54) is 25.8 Å². The summed E-state index contributed by atoms with van der Waals surface area (Å²) in [6.45, 7) is 2.14. The lowest BCUT2D eigenvalue weighted by Gasteiger charge is -2.10. The van der Waals surface area contributed by atoms with Crippen molar-refractivity contribution in [2.45, 2.75) is 19.8 Å². The summed E-state index contributed by atoms with van der Waals surface area (Å²) in [7, 11) is 1.57. The lowest BCUT2D eigenvalue weighted by atomic mass is 9.98. The molecule has 0 saturated carbocycles. The number of hydrogen-bond donors (Lipinski definition) is 1. The molecule has 2 heterocycles. The average molecular weight is 390 g/mol.